The average Bonchev–Trinajstić information content (AvgIpc) is 3.32. The Morgan fingerprint density at radius 2 is 1.94 bits per heavy atom. The molecule has 170 valence electrons. The highest BCUT2D eigenvalue weighted by atomic mass is 35.5. The molecule has 1 aliphatic heterocycles. The zero-order valence-electron chi connectivity index (χ0n) is 17.0. The number of rotatable bonds is 6. The second-order valence-electron chi connectivity index (χ2n) is 7.50. The summed E-state index contributed by atoms with van der Waals surface area (Å²) in [4.78, 5) is 18.7. The molecule has 3 aromatic heterocycles. The summed E-state index contributed by atoms with van der Waals surface area (Å²) < 4.78 is 44.7. The summed E-state index contributed by atoms with van der Waals surface area (Å²) in [7, 11) is 0. The predicted molar refractivity (Wildman–Crippen MR) is 113 cm³/mol. The van der Waals surface area contributed by atoms with Gasteiger partial charge in [0.25, 0.3) is 5.56 Å². The van der Waals surface area contributed by atoms with Crippen molar-refractivity contribution < 1.29 is 17.6 Å². The van der Waals surface area contributed by atoms with E-state index in [-0.39, 0.29) is 16.9 Å². The molecular formula is C21H21ClF3N5O2. The summed E-state index contributed by atoms with van der Waals surface area (Å²) in [6.45, 7) is 2.33. The van der Waals surface area contributed by atoms with Gasteiger partial charge in [-0.15, -0.1) is 0 Å². The number of aromatic nitrogens is 3. The number of pyridine rings is 1. The highest BCUT2D eigenvalue weighted by Crippen LogP contribution is 2.29. The van der Waals surface area contributed by atoms with Crippen LogP contribution >= 0.6 is 11.6 Å². The van der Waals surface area contributed by atoms with Crippen LogP contribution in [0.5, 0.6) is 0 Å². The summed E-state index contributed by atoms with van der Waals surface area (Å²) in [5.74, 6) is 0.754. The highest BCUT2D eigenvalue weighted by molar-refractivity contribution is 6.32. The quantitative estimate of drug-likeness (QED) is 0.574. The van der Waals surface area contributed by atoms with Crippen molar-refractivity contribution in [2.75, 3.05) is 25.0 Å². The van der Waals surface area contributed by atoms with E-state index in [9.17, 15) is 18.0 Å². The van der Waals surface area contributed by atoms with Gasteiger partial charge in [0.2, 0.25) is 0 Å². The maximum atomic E-state index is 12.7. The number of nitrogens with one attached hydrogen (secondary N) is 1. The molecule has 0 aromatic carbocycles. The van der Waals surface area contributed by atoms with Gasteiger partial charge in [0.05, 0.1) is 29.8 Å². The van der Waals surface area contributed by atoms with E-state index in [4.69, 9.17) is 16.0 Å². The highest BCUT2D eigenvalue weighted by Gasteiger charge is 2.31. The van der Waals surface area contributed by atoms with E-state index in [2.05, 4.69) is 20.3 Å². The van der Waals surface area contributed by atoms with Crippen LogP contribution in [0.2, 0.25) is 5.02 Å². The summed E-state index contributed by atoms with van der Waals surface area (Å²) in [6, 6.07) is 5.61. The number of alkyl halides is 3. The lowest BCUT2D eigenvalue weighted by Crippen LogP contribution is -2.37. The molecule has 7 nitrogen and oxygen atoms in total. The first-order valence-corrected chi connectivity index (χ1v) is 10.5. The first kappa shape index (κ1) is 22.3. The van der Waals surface area contributed by atoms with E-state index >= 15 is 0 Å². The third-order valence-electron chi connectivity index (χ3n) is 5.40. The van der Waals surface area contributed by atoms with Crippen LogP contribution in [0.4, 0.5) is 18.9 Å². The molecule has 1 N–H and O–H groups in total. The van der Waals surface area contributed by atoms with Crippen LogP contribution in [0.1, 0.15) is 36.6 Å². The van der Waals surface area contributed by atoms with Crippen molar-refractivity contribution >= 4 is 17.3 Å². The molecule has 32 heavy (non-hydrogen) atoms. The van der Waals surface area contributed by atoms with Crippen molar-refractivity contribution in [1.82, 2.24) is 19.7 Å². The maximum absolute atomic E-state index is 12.7. The molecule has 1 fully saturated rings. The van der Waals surface area contributed by atoms with E-state index in [1.165, 1.54) is 12.6 Å². The van der Waals surface area contributed by atoms with Crippen LogP contribution in [-0.4, -0.2) is 39.3 Å². The number of likely N-dealkylation sites (tertiary alicyclic amines) is 1. The van der Waals surface area contributed by atoms with Gasteiger partial charge in [0, 0.05) is 12.7 Å². The molecule has 11 heteroatoms. The van der Waals surface area contributed by atoms with Crippen molar-refractivity contribution in [3.63, 3.8) is 0 Å². The Bertz CT molecular complexity index is 1090. The van der Waals surface area contributed by atoms with Gasteiger partial charge in [-0.1, -0.05) is 18.0 Å². The second kappa shape index (κ2) is 9.33. The smallest absolute Gasteiger partial charge is 0.417 e. The van der Waals surface area contributed by atoms with Crippen LogP contribution in [0, 0.1) is 0 Å². The average molecular weight is 468 g/mol. The van der Waals surface area contributed by atoms with E-state index in [1.807, 2.05) is 12.1 Å². The first-order chi connectivity index (χ1) is 15.3. The summed E-state index contributed by atoms with van der Waals surface area (Å²) in [5, 5.41) is 7.07. The number of piperidine rings is 1. The van der Waals surface area contributed by atoms with Gasteiger partial charge in [-0.25, -0.2) is 4.98 Å². The Kier molecular flexibility index (Phi) is 6.52. The van der Waals surface area contributed by atoms with E-state index in [0.29, 0.717) is 18.4 Å². The third-order valence-corrected chi connectivity index (χ3v) is 5.77. The van der Waals surface area contributed by atoms with Crippen LogP contribution in [0.15, 0.2) is 52.1 Å². The SMILES string of the molecule is O=c1c(Cl)c(NCC(c2ccco2)N2CCCCC2)cnn1-c1ccc(C(F)(F)F)cn1. The third kappa shape index (κ3) is 4.81. The van der Waals surface area contributed by atoms with Crippen molar-refractivity contribution in [2.24, 2.45) is 0 Å². The monoisotopic (exact) mass is 467 g/mol. The Morgan fingerprint density at radius 3 is 2.56 bits per heavy atom. The Hall–Kier alpha value is -2.85. The minimum absolute atomic E-state index is 0.0413. The maximum Gasteiger partial charge on any atom is 0.417 e. The van der Waals surface area contributed by atoms with E-state index in [1.54, 1.807) is 6.26 Å². The van der Waals surface area contributed by atoms with Crippen molar-refractivity contribution in [3.05, 3.63) is 69.6 Å². The largest absolute Gasteiger partial charge is 0.468 e. The minimum atomic E-state index is -4.52. The van der Waals surface area contributed by atoms with Crippen LogP contribution < -0.4 is 10.9 Å². The fraction of sp³-hybridized carbons (Fsp3) is 0.381. The lowest BCUT2D eigenvalue weighted by atomic mass is 10.1. The molecule has 4 rings (SSSR count). The van der Waals surface area contributed by atoms with Crippen molar-refractivity contribution in [3.8, 4) is 5.82 Å². The molecule has 0 spiro atoms. The fourth-order valence-corrected chi connectivity index (χ4v) is 3.92. The van der Waals surface area contributed by atoms with Crippen LogP contribution in [0.3, 0.4) is 0 Å². The van der Waals surface area contributed by atoms with Gasteiger partial charge in [0.1, 0.15) is 10.8 Å². The number of hydrogen-bond donors (Lipinski definition) is 1. The molecule has 1 unspecified atom stereocenters. The number of furan rings is 1. The number of nitrogens with zero attached hydrogens (tertiary/aromatic N) is 4. The Balaban J connectivity index is 1.53. The number of hydrogen-bond acceptors (Lipinski definition) is 6. The molecule has 4 heterocycles. The van der Waals surface area contributed by atoms with Crippen LogP contribution in [0.25, 0.3) is 5.82 Å². The normalized spacial score (nSPS) is 16.1. The molecule has 0 saturated carbocycles. The molecule has 0 aliphatic carbocycles. The van der Waals surface area contributed by atoms with E-state index in [0.717, 1.165) is 48.5 Å². The zero-order chi connectivity index (χ0) is 22.7. The second-order valence-corrected chi connectivity index (χ2v) is 7.88. The number of anilines is 1. The van der Waals surface area contributed by atoms with Gasteiger partial charge in [-0.3, -0.25) is 9.69 Å². The molecule has 1 saturated heterocycles. The predicted octanol–water partition coefficient (Wildman–Crippen LogP) is 4.53. The number of halogens is 4. The van der Waals surface area contributed by atoms with E-state index < -0.39 is 17.3 Å². The molecule has 0 radical (unpaired) electrons. The molecule has 0 amide bonds. The molecule has 1 atom stereocenters. The zero-order valence-corrected chi connectivity index (χ0v) is 17.7. The topological polar surface area (TPSA) is 76.2 Å². The lowest BCUT2D eigenvalue weighted by molar-refractivity contribution is -0.137. The lowest BCUT2D eigenvalue weighted by Gasteiger charge is -2.33. The fourth-order valence-electron chi connectivity index (χ4n) is 3.73. The van der Waals surface area contributed by atoms with Crippen molar-refractivity contribution in [1.29, 1.82) is 0 Å². The summed E-state index contributed by atoms with van der Waals surface area (Å²) in [6.07, 6.45) is 2.52. The van der Waals surface area contributed by atoms with Gasteiger partial charge in [-0.2, -0.15) is 23.0 Å². The van der Waals surface area contributed by atoms with Gasteiger partial charge >= 0.3 is 6.18 Å². The molecule has 3 aromatic rings. The summed E-state index contributed by atoms with van der Waals surface area (Å²) in [5.41, 5.74) is -1.27. The Labute approximate surface area is 186 Å². The van der Waals surface area contributed by atoms with Gasteiger partial charge in [0.15, 0.2) is 5.82 Å². The summed E-state index contributed by atoms with van der Waals surface area (Å²) >= 11 is 6.27. The van der Waals surface area contributed by atoms with Crippen molar-refractivity contribution in [2.45, 2.75) is 31.5 Å². The molecule has 1 aliphatic rings. The standard InChI is InChI=1S/C21H21ClF3N5O2/c22-19-15(26-13-16(17-5-4-10-32-17)29-8-2-1-3-9-29)12-28-30(20(19)31)18-7-6-14(11-27-18)21(23,24)25/h4-7,10-12,16,26H,1-3,8-9,13H2. The van der Waals surface area contributed by atoms with Gasteiger partial charge < -0.3 is 9.73 Å². The molecule has 0 bridgehead atoms. The van der Waals surface area contributed by atoms with Gasteiger partial charge in [-0.05, 0) is 50.2 Å². The minimum Gasteiger partial charge on any atom is -0.468 e. The van der Waals surface area contributed by atoms with Crippen LogP contribution in [-0.2, 0) is 6.18 Å². The first-order valence-electron chi connectivity index (χ1n) is 10.2. The Morgan fingerprint density at radius 1 is 1.16 bits per heavy atom. The molecular weight excluding hydrogens is 447 g/mol.